The number of ether oxygens (including phenoxy) is 1. The summed E-state index contributed by atoms with van der Waals surface area (Å²) in [6, 6.07) is 2.85. The summed E-state index contributed by atoms with van der Waals surface area (Å²) in [4.78, 5) is 12.0. The summed E-state index contributed by atoms with van der Waals surface area (Å²) >= 11 is 1.01. The SMILES string of the molecule is C=C(Cc1cccs1)C(=O)OCCC(F)(F)C(F)(F)C(F)(F)C(F)(F)C(F)(F)C(F)(F)C(F)(C(F)(F)F)C(F)(F)F. The van der Waals surface area contributed by atoms with Crippen LogP contribution in [0.5, 0.6) is 0 Å². The number of halogens is 19. The molecule has 1 rings (SSSR count). The maximum atomic E-state index is 13.8. The Bertz CT molecular complexity index is 1070. The molecule has 0 radical (unpaired) electrons. The van der Waals surface area contributed by atoms with Crippen molar-refractivity contribution in [1.29, 1.82) is 0 Å². The normalized spacial score (nSPS) is 15.2. The highest BCUT2D eigenvalue weighted by molar-refractivity contribution is 7.09. The molecule has 0 saturated heterocycles. The molecule has 0 saturated carbocycles. The first-order valence-corrected chi connectivity index (χ1v) is 10.7. The highest BCUT2D eigenvalue weighted by atomic mass is 32.1. The monoisotopic (exact) mass is 664 g/mol. The van der Waals surface area contributed by atoms with Crippen LogP contribution in [-0.4, -0.2) is 66.1 Å². The molecule has 0 aromatic carbocycles. The molecule has 1 aromatic heterocycles. The number of carbonyl (C=O) groups is 1. The van der Waals surface area contributed by atoms with Gasteiger partial charge in [0.2, 0.25) is 0 Å². The van der Waals surface area contributed by atoms with E-state index in [4.69, 9.17) is 0 Å². The van der Waals surface area contributed by atoms with Gasteiger partial charge in [-0.1, -0.05) is 12.6 Å². The fourth-order valence-corrected chi connectivity index (χ4v) is 3.53. The summed E-state index contributed by atoms with van der Waals surface area (Å²) in [6.07, 6.45) is -20.0. The Labute approximate surface area is 218 Å². The topological polar surface area (TPSA) is 26.3 Å². The highest BCUT2D eigenvalue weighted by Gasteiger charge is 2.98. The third-order valence-corrected chi connectivity index (χ3v) is 6.03. The lowest BCUT2D eigenvalue weighted by Gasteiger charge is -2.45. The lowest BCUT2D eigenvalue weighted by molar-refractivity contribution is -0.472. The van der Waals surface area contributed by atoms with Crippen LogP contribution in [-0.2, 0) is 16.0 Å². The highest BCUT2D eigenvalue weighted by Crippen LogP contribution is 2.66. The van der Waals surface area contributed by atoms with Crippen molar-refractivity contribution in [3.8, 4) is 0 Å². The van der Waals surface area contributed by atoms with Gasteiger partial charge in [-0.3, -0.25) is 0 Å². The van der Waals surface area contributed by atoms with Crippen molar-refractivity contribution in [3.63, 3.8) is 0 Å². The molecule has 0 aliphatic heterocycles. The predicted molar refractivity (Wildman–Crippen MR) is 98.4 cm³/mol. The van der Waals surface area contributed by atoms with Gasteiger partial charge in [0.05, 0.1) is 13.0 Å². The van der Waals surface area contributed by atoms with Crippen LogP contribution >= 0.6 is 11.3 Å². The Balaban J connectivity index is 3.36. The average molecular weight is 664 g/mol. The molecule has 1 aromatic rings. The molecule has 0 aliphatic carbocycles. The second-order valence-corrected chi connectivity index (χ2v) is 9.01. The molecule has 0 N–H and O–H groups in total. The first kappa shape index (κ1) is 36.6. The van der Waals surface area contributed by atoms with Crippen LogP contribution < -0.4 is 0 Å². The summed E-state index contributed by atoms with van der Waals surface area (Å²) in [5.74, 6) is -52.1. The van der Waals surface area contributed by atoms with E-state index in [-0.39, 0.29) is 6.42 Å². The van der Waals surface area contributed by atoms with Crippen LogP contribution in [0.25, 0.3) is 0 Å². The molecule has 0 fully saturated rings. The fourth-order valence-electron chi connectivity index (χ4n) is 2.78. The third-order valence-electron chi connectivity index (χ3n) is 5.16. The van der Waals surface area contributed by atoms with Crippen molar-refractivity contribution in [3.05, 3.63) is 34.5 Å². The molecule has 41 heavy (non-hydrogen) atoms. The fraction of sp³-hybridized carbons (Fsp3) is 0.632. The van der Waals surface area contributed by atoms with Crippen LogP contribution in [0.1, 0.15) is 11.3 Å². The number of hydrogen-bond donors (Lipinski definition) is 0. The molecule has 0 unspecified atom stereocenters. The van der Waals surface area contributed by atoms with Crippen molar-refractivity contribution in [2.45, 2.75) is 66.4 Å². The van der Waals surface area contributed by atoms with Crippen LogP contribution in [0.15, 0.2) is 29.7 Å². The molecule has 1 heterocycles. The molecule has 0 spiro atoms. The molecule has 238 valence electrons. The first-order valence-electron chi connectivity index (χ1n) is 9.85. The minimum absolute atomic E-state index is 0.345. The van der Waals surface area contributed by atoms with Gasteiger partial charge in [-0.2, -0.15) is 79.0 Å². The second kappa shape index (κ2) is 10.7. The molecule has 2 nitrogen and oxygen atoms in total. The molecule has 0 bridgehead atoms. The van der Waals surface area contributed by atoms with E-state index < -0.39 is 78.1 Å². The number of alkyl halides is 19. The largest absolute Gasteiger partial charge is 0.462 e. The lowest BCUT2D eigenvalue weighted by Crippen LogP contribution is -2.77. The average Bonchev–Trinajstić information content (AvgIpc) is 3.28. The number of hydrogen-bond acceptors (Lipinski definition) is 3. The standard InChI is InChI=1S/C19H11F19O2S/c1-8(7-9-3-2-6-41-9)10(39)40-5-4-11(20,21)13(23,24)15(27,28)17(31,32)16(29,30)14(25,26)12(22,18(33,34)35)19(36,37)38/h2-3,6H,1,4-5,7H2. The Morgan fingerprint density at radius 2 is 1.10 bits per heavy atom. The van der Waals surface area contributed by atoms with Gasteiger partial charge >= 0.3 is 59.5 Å². The van der Waals surface area contributed by atoms with E-state index in [1.807, 2.05) is 0 Å². The zero-order valence-electron chi connectivity index (χ0n) is 19.0. The van der Waals surface area contributed by atoms with Gasteiger partial charge in [-0.25, -0.2) is 9.18 Å². The summed E-state index contributed by atoms with van der Waals surface area (Å²) < 4.78 is 257. The Kier molecular flexibility index (Phi) is 9.55. The maximum absolute atomic E-state index is 13.8. The zero-order chi connectivity index (χ0) is 32.9. The summed E-state index contributed by atoms with van der Waals surface area (Å²) in [7, 11) is 0. The van der Waals surface area contributed by atoms with Crippen LogP contribution in [0.4, 0.5) is 83.4 Å². The predicted octanol–water partition coefficient (Wildman–Crippen LogP) is 8.42. The third kappa shape index (κ3) is 5.67. The van der Waals surface area contributed by atoms with Crippen LogP contribution in [0.2, 0.25) is 0 Å². The van der Waals surface area contributed by atoms with E-state index in [1.165, 1.54) is 17.5 Å². The minimum Gasteiger partial charge on any atom is -0.462 e. The molecular weight excluding hydrogens is 653 g/mol. The Morgan fingerprint density at radius 1 is 0.683 bits per heavy atom. The summed E-state index contributed by atoms with van der Waals surface area (Å²) in [5.41, 5.74) is -9.36. The van der Waals surface area contributed by atoms with Crippen molar-refractivity contribution >= 4 is 17.3 Å². The van der Waals surface area contributed by atoms with Crippen LogP contribution in [0, 0.1) is 0 Å². The van der Waals surface area contributed by atoms with Crippen molar-refractivity contribution in [2.75, 3.05) is 6.61 Å². The van der Waals surface area contributed by atoms with Gasteiger partial charge in [0.25, 0.3) is 0 Å². The Morgan fingerprint density at radius 3 is 1.49 bits per heavy atom. The molecule has 0 aliphatic rings. The van der Waals surface area contributed by atoms with Gasteiger partial charge in [-0.05, 0) is 11.4 Å². The van der Waals surface area contributed by atoms with Gasteiger partial charge in [0.15, 0.2) is 0 Å². The molecule has 0 amide bonds. The number of rotatable bonds is 12. The van der Waals surface area contributed by atoms with E-state index in [2.05, 4.69) is 11.3 Å². The van der Waals surface area contributed by atoms with Gasteiger partial charge < -0.3 is 4.74 Å². The van der Waals surface area contributed by atoms with Crippen LogP contribution in [0.3, 0.4) is 0 Å². The molecular formula is C19H11F19O2S. The number of carbonyl (C=O) groups excluding carboxylic acids is 1. The van der Waals surface area contributed by atoms with Crippen molar-refractivity contribution < 1.29 is 92.9 Å². The summed E-state index contributed by atoms with van der Waals surface area (Å²) in [5, 5.41) is 1.48. The molecule has 0 atom stereocenters. The number of thiophene rings is 1. The van der Waals surface area contributed by atoms with E-state index in [0.29, 0.717) is 4.88 Å². The van der Waals surface area contributed by atoms with Crippen molar-refractivity contribution in [1.82, 2.24) is 0 Å². The van der Waals surface area contributed by atoms with Gasteiger partial charge in [-0.15, -0.1) is 11.3 Å². The maximum Gasteiger partial charge on any atom is 0.438 e. The quantitative estimate of drug-likeness (QED) is 0.128. The van der Waals surface area contributed by atoms with E-state index in [9.17, 15) is 88.2 Å². The summed E-state index contributed by atoms with van der Waals surface area (Å²) in [6.45, 7) is 0.999. The van der Waals surface area contributed by atoms with E-state index in [0.717, 1.165) is 11.3 Å². The second-order valence-electron chi connectivity index (χ2n) is 7.98. The Hall–Kier alpha value is -2.42. The van der Waals surface area contributed by atoms with Gasteiger partial charge in [0.1, 0.15) is 0 Å². The smallest absolute Gasteiger partial charge is 0.438 e. The molecule has 22 heteroatoms. The van der Waals surface area contributed by atoms with E-state index >= 15 is 0 Å². The first-order chi connectivity index (χ1) is 17.9. The van der Waals surface area contributed by atoms with Crippen molar-refractivity contribution in [2.24, 2.45) is 0 Å². The van der Waals surface area contributed by atoms with E-state index in [1.54, 1.807) is 0 Å². The number of esters is 1. The van der Waals surface area contributed by atoms with Gasteiger partial charge in [0, 0.05) is 16.9 Å². The minimum atomic E-state index is -9.07. The lowest BCUT2D eigenvalue weighted by atomic mass is 9.83. The zero-order valence-corrected chi connectivity index (χ0v) is 19.8.